The molecule has 0 fully saturated rings. The van der Waals surface area contributed by atoms with Crippen LogP contribution in [0.15, 0.2) is 58.0 Å². The third-order valence-corrected chi connectivity index (χ3v) is 6.99. The van der Waals surface area contributed by atoms with Crippen molar-refractivity contribution in [3.05, 3.63) is 65.0 Å². The minimum absolute atomic E-state index is 0.0171. The zero-order chi connectivity index (χ0) is 24.1. The van der Waals surface area contributed by atoms with Gasteiger partial charge in [0.2, 0.25) is 5.89 Å². The highest BCUT2D eigenvalue weighted by Gasteiger charge is 2.20. The first-order chi connectivity index (χ1) is 16.3. The number of fused-ring (bicyclic) bond motifs is 1. The summed E-state index contributed by atoms with van der Waals surface area (Å²) in [6.07, 6.45) is 3.80. The van der Waals surface area contributed by atoms with Crippen LogP contribution in [0.5, 0.6) is 5.75 Å². The number of aliphatic hydroxyl groups is 1. The van der Waals surface area contributed by atoms with E-state index in [1.165, 1.54) is 23.5 Å². The lowest BCUT2D eigenvalue weighted by Gasteiger charge is -2.13. The molecule has 0 aliphatic rings. The molecule has 9 nitrogen and oxygen atoms in total. The van der Waals surface area contributed by atoms with Crippen LogP contribution in [0.25, 0.3) is 23.3 Å². The Morgan fingerprint density at radius 3 is 2.74 bits per heavy atom. The smallest absolute Gasteiger partial charge is 0.299 e. The molecule has 2 aromatic carbocycles. The maximum Gasteiger partial charge on any atom is 0.299 e. The van der Waals surface area contributed by atoms with Crippen molar-refractivity contribution in [3.63, 3.8) is 0 Å². The molecule has 2 heterocycles. The van der Waals surface area contributed by atoms with Crippen molar-refractivity contribution < 1.29 is 26.9 Å². The molecule has 0 aliphatic carbocycles. The first-order valence-corrected chi connectivity index (χ1v) is 12.6. The zero-order valence-electron chi connectivity index (χ0n) is 18.5. The molecular formula is C23H23N3O6S2. The normalized spacial score (nSPS) is 12.9. The van der Waals surface area contributed by atoms with Gasteiger partial charge in [0.15, 0.2) is 17.0 Å². The second kappa shape index (κ2) is 10.3. The van der Waals surface area contributed by atoms with Crippen LogP contribution in [0.4, 0.5) is 5.13 Å². The van der Waals surface area contributed by atoms with E-state index in [9.17, 15) is 13.5 Å². The van der Waals surface area contributed by atoms with Crippen LogP contribution in [-0.4, -0.2) is 43.4 Å². The monoisotopic (exact) mass is 501 g/mol. The Morgan fingerprint density at radius 2 is 2.00 bits per heavy atom. The lowest BCUT2D eigenvalue weighted by Crippen LogP contribution is -2.20. The van der Waals surface area contributed by atoms with Crippen LogP contribution in [0.2, 0.25) is 0 Å². The van der Waals surface area contributed by atoms with Crippen molar-refractivity contribution in [3.8, 4) is 5.75 Å². The molecule has 2 aromatic heterocycles. The van der Waals surface area contributed by atoms with Crippen LogP contribution in [0.3, 0.4) is 0 Å². The number of anilines is 1. The van der Waals surface area contributed by atoms with Gasteiger partial charge in [-0.05, 0) is 37.3 Å². The summed E-state index contributed by atoms with van der Waals surface area (Å²) in [5.74, 6) is 0.936. The van der Waals surface area contributed by atoms with Crippen molar-refractivity contribution >= 4 is 49.8 Å². The maximum absolute atomic E-state index is 12.2. The molecule has 0 amide bonds. The average Bonchev–Trinajstić information content (AvgIpc) is 3.43. The Kier molecular flexibility index (Phi) is 7.27. The fourth-order valence-electron chi connectivity index (χ4n) is 2.95. The number of oxazole rings is 1. The fourth-order valence-corrected chi connectivity index (χ4v) is 4.59. The minimum Gasteiger partial charge on any atom is -0.493 e. The predicted molar refractivity (Wildman–Crippen MR) is 130 cm³/mol. The van der Waals surface area contributed by atoms with Gasteiger partial charge in [-0.2, -0.15) is 8.42 Å². The Bertz CT molecular complexity index is 1390. The molecule has 1 atom stereocenters. The fraction of sp³-hybridized carbons (Fsp3) is 0.217. The summed E-state index contributed by atoms with van der Waals surface area (Å²) < 4.78 is 40.7. The zero-order valence-corrected chi connectivity index (χ0v) is 20.1. The molecular weight excluding hydrogens is 478 g/mol. The molecule has 4 aromatic rings. The number of aliphatic hydroxyl groups excluding tert-OH is 1. The quantitative estimate of drug-likeness (QED) is 0.242. The van der Waals surface area contributed by atoms with E-state index >= 15 is 0 Å². The van der Waals surface area contributed by atoms with Crippen molar-refractivity contribution in [1.29, 1.82) is 0 Å². The van der Waals surface area contributed by atoms with Crippen LogP contribution >= 0.6 is 11.3 Å². The first-order valence-electron chi connectivity index (χ1n) is 10.4. The van der Waals surface area contributed by atoms with Gasteiger partial charge in [-0.3, -0.25) is 0 Å². The summed E-state index contributed by atoms with van der Waals surface area (Å²) in [5.41, 5.74) is 2.12. The first kappa shape index (κ1) is 23.9. The molecule has 0 aliphatic heterocycles. The van der Waals surface area contributed by atoms with Crippen LogP contribution in [0.1, 0.15) is 22.8 Å². The van der Waals surface area contributed by atoms with E-state index in [4.69, 9.17) is 13.3 Å². The molecule has 178 valence electrons. The predicted octanol–water partition coefficient (Wildman–Crippen LogP) is 4.30. The summed E-state index contributed by atoms with van der Waals surface area (Å²) in [5, 5.41) is 13.8. The Balaban J connectivity index is 1.32. The number of thiazole rings is 1. The molecule has 0 saturated carbocycles. The van der Waals surface area contributed by atoms with E-state index in [0.29, 0.717) is 22.7 Å². The van der Waals surface area contributed by atoms with Gasteiger partial charge >= 0.3 is 0 Å². The highest BCUT2D eigenvalue weighted by molar-refractivity contribution is 7.86. The molecule has 0 saturated heterocycles. The molecule has 0 spiro atoms. The number of aromatic nitrogens is 2. The third-order valence-electron chi connectivity index (χ3n) is 4.68. The number of benzene rings is 2. The van der Waals surface area contributed by atoms with Gasteiger partial charge in [-0.1, -0.05) is 29.0 Å². The van der Waals surface area contributed by atoms with Gasteiger partial charge in [0, 0.05) is 36.7 Å². The molecule has 34 heavy (non-hydrogen) atoms. The van der Waals surface area contributed by atoms with Crippen molar-refractivity contribution in [2.45, 2.75) is 24.5 Å². The molecule has 0 radical (unpaired) electrons. The van der Waals surface area contributed by atoms with Gasteiger partial charge in [0.05, 0.1) is 11.5 Å². The van der Waals surface area contributed by atoms with E-state index < -0.39 is 16.4 Å². The summed E-state index contributed by atoms with van der Waals surface area (Å²) in [6, 6.07) is 11.3. The highest BCUT2D eigenvalue weighted by Crippen LogP contribution is 2.24. The number of ether oxygens (including phenoxy) is 1. The maximum atomic E-state index is 12.2. The highest BCUT2D eigenvalue weighted by atomic mass is 32.2. The van der Waals surface area contributed by atoms with Crippen LogP contribution in [0, 0.1) is 6.92 Å². The lowest BCUT2D eigenvalue weighted by molar-refractivity contribution is -0.0256. The molecule has 11 heteroatoms. The lowest BCUT2D eigenvalue weighted by atomic mass is 10.2. The van der Waals surface area contributed by atoms with Gasteiger partial charge in [-0.15, -0.1) is 0 Å². The summed E-state index contributed by atoms with van der Waals surface area (Å²) in [7, 11) is -2.25. The van der Waals surface area contributed by atoms with E-state index in [-0.39, 0.29) is 17.9 Å². The second-order valence-corrected chi connectivity index (χ2v) is 9.92. The number of nitrogens with zero attached hydrogens (tertiary/aromatic N) is 2. The van der Waals surface area contributed by atoms with Crippen molar-refractivity contribution in [2.75, 3.05) is 19.0 Å². The summed E-state index contributed by atoms with van der Waals surface area (Å²) in [4.78, 5) is 9.56. The van der Waals surface area contributed by atoms with Crippen molar-refractivity contribution in [2.24, 2.45) is 0 Å². The van der Waals surface area contributed by atoms with E-state index in [1.54, 1.807) is 42.6 Å². The topological polar surface area (TPSA) is 124 Å². The van der Waals surface area contributed by atoms with Crippen LogP contribution in [-0.2, 0) is 14.3 Å². The number of nitrogens with one attached hydrogen (secondary N) is 1. The van der Waals surface area contributed by atoms with E-state index in [0.717, 1.165) is 15.6 Å². The number of rotatable bonds is 10. The molecule has 0 bridgehead atoms. The van der Waals surface area contributed by atoms with Gasteiger partial charge in [0.1, 0.15) is 11.3 Å². The third kappa shape index (κ3) is 6.00. The molecule has 4 rings (SSSR count). The molecule has 1 unspecified atom stereocenters. The number of hydrogen-bond donors (Lipinski definition) is 2. The second-order valence-electron chi connectivity index (χ2n) is 7.29. The Morgan fingerprint density at radius 1 is 1.21 bits per heavy atom. The Labute approximate surface area is 200 Å². The van der Waals surface area contributed by atoms with Crippen LogP contribution < -0.4 is 10.1 Å². The number of aryl methyl sites for hydroxylation is 1. The SMILES string of the molecule is CNc1ncc(/C=C/c2nc3ccc(OCCC(O)OS(=O)(=O)c4ccc(C)cc4)cc3o2)s1. The van der Waals surface area contributed by atoms with E-state index in [2.05, 4.69) is 15.3 Å². The van der Waals surface area contributed by atoms with Gasteiger partial charge in [0.25, 0.3) is 10.1 Å². The molecule has 2 N–H and O–H groups in total. The number of hydrogen-bond acceptors (Lipinski definition) is 10. The standard InChI is InChI=1S/C23H23N3O6S2/c1-15-3-7-18(8-4-15)34(28,29)32-22(27)11-12-30-16-5-9-19-20(13-16)31-21(26-19)10-6-17-14-25-23(24-2)33-17/h3-10,13-14,22,27H,11-12H2,1-2H3,(H,24,25)/b10-6+. The van der Waals surface area contributed by atoms with Crippen molar-refractivity contribution in [1.82, 2.24) is 9.97 Å². The summed E-state index contributed by atoms with van der Waals surface area (Å²) in [6.45, 7) is 1.88. The van der Waals surface area contributed by atoms with Gasteiger partial charge < -0.3 is 19.6 Å². The van der Waals surface area contributed by atoms with E-state index in [1.807, 2.05) is 20.0 Å². The van der Waals surface area contributed by atoms with Gasteiger partial charge in [-0.25, -0.2) is 14.2 Å². The average molecular weight is 502 g/mol. The Hall–Kier alpha value is -3.25. The largest absolute Gasteiger partial charge is 0.493 e. The summed E-state index contributed by atoms with van der Waals surface area (Å²) >= 11 is 1.51. The minimum atomic E-state index is -4.07.